The highest BCUT2D eigenvalue weighted by atomic mass is 16.4. The summed E-state index contributed by atoms with van der Waals surface area (Å²) >= 11 is 0. The van der Waals surface area contributed by atoms with Crippen LogP contribution in [0.25, 0.3) is 0 Å². The van der Waals surface area contributed by atoms with Crippen LogP contribution >= 0.6 is 0 Å². The summed E-state index contributed by atoms with van der Waals surface area (Å²) in [6, 6.07) is 0. The van der Waals surface area contributed by atoms with Crippen LogP contribution in [0.1, 0.15) is 51.4 Å². The number of hydrogen-bond donors (Lipinski definition) is 4. The summed E-state index contributed by atoms with van der Waals surface area (Å²) in [5.74, 6) is -2.20. The van der Waals surface area contributed by atoms with E-state index in [0.717, 1.165) is 17.8 Å². The van der Waals surface area contributed by atoms with Crippen LogP contribution in [0.4, 0.5) is 0 Å². The van der Waals surface area contributed by atoms with Crippen molar-refractivity contribution >= 4 is 17.9 Å². The maximum atomic E-state index is 11.1. The Bertz CT molecular complexity index is 479. The zero-order valence-corrected chi connectivity index (χ0v) is 13.4. The van der Waals surface area contributed by atoms with Crippen molar-refractivity contribution in [1.82, 2.24) is 0 Å². The van der Waals surface area contributed by atoms with Gasteiger partial charge in [0.2, 0.25) is 0 Å². The van der Waals surface area contributed by atoms with Gasteiger partial charge < -0.3 is 26.2 Å². The van der Waals surface area contributed by atoms with E-state index in [0.29, 0.717) is 5.54 Å². The van der Waals surface area contributed by atoms with Crippen LogP contribution in [0.2, 0.25) is 0 Å². The van der Waals surface area contributed by atoms with Crippen LogP contribution < -0.4 is 10.8 Å². The zero-order chi connectivity index (χ0) is 18.1. The van der Waals surface area contributed by atoms with Crippen LogP contribution in [0.15, 0.2) is 0 Å². The highest BCUT2D eigenvalue weighted by molar-refractivity contribution is 5.87. The molecule has 136 valence electrons. The lowest BCUT2D eigenvalue weighted by Gasteiger charge is -2.55. The maximum Gasteiger partial charge on any atom is 0.303 e. The number of aliphatic carboxylic acids is 3. The van der Waals surface area contributed by atoms with Gasteiger partial charge in [0.05, 0.1) is 0 Å². The van der Waals surface area contributed by atoms with Gasteiger partial charge in [-0.2, -0.15) is 0 Å². The van der Waals surface area contributed by atoms with E-state index in [1.54, 1.807) is 0 Å². The lowest BCUT2D eigenvalue weighted by atomic mass is 9.53. The average Bonchev–Trinajstić information content (AvgIpc) is 2.33. The molecule has 0 atom stereocenters. The number of rotatable bonds is 5. The van der Waals surface area contributed by atoms with E-state index in [4.69, 9.17) is 21.1 Å². The van der Waals surface area contributed by atoms with Crippen molar-refractivity contribution < 1.29 is 34.8 Å². The summed E-state index contributed by atoms with van der Waals surface area (Å²) in [5.41, 5.74) is 3.63. The fourth-order valence-electron chi connectivity index (χ4n) is 4.88. The molecular weight excluding hydrogens is 318 g/mol. The van der Waals surface area contributed by atoms with Crippen LogP contribution in [0, 0.1) is 17.8 Å². The lowest BCUT2D eigenvalue weighted by molar-refractivity contribution is -0.460. The van der Waals surface area contributed by atoms with Crippen LogP contribution in [0.3, 0.4) is 0 Å². The third kappa shape index (κ3) is 4.45. The second kappa shape index (κ2) is 6.68. The molecule has 0 saturated heterocycles. The fourth-order valence-corrected chi connectivity index (χ4v) is 4.88. The van der Waals surface area contributed by atoms with Crippen molar-refractivity contribution in [3.8, 4) is 0 Å². The van der Waals surface area contributed by atoms with Gasteiger partial charge in [0, 0.05) is 24.0 Å². The van der Waals surface area contributed by atoms with Gasteiger partial charge in [-0.1, -0.05) is 0 Å². The van der Waals surface area contributed by atoms with Crippen molar-refractivity contribution in [2.75, 3.05) is 0 Å². The van der Waals surface area contributed by atoms with Gasteiger partial charge in [-0.05, 0) is 56.3 Å². The van der Waals surface area contributed by atoms with Gasteiger partial charge in [-0.25, -0.2) is 0 Å². The van der Waals surface area contributed by atoms with E-state index < -0.39 is 36.4 Å². The molecule has 5 N–H and O–H groups in total. The summed E-state index contributed by atoms with van der Waals surface area (Å²) in [5, 5.41) is 35.7. The standard InChI is InChI=1S/C10H17N.C6H7O7/c11-10-4-7-1-8(5-10)3-9(2-7)6-10;7-3(8)1-6(13,5(11)12)2-4(9)10/h7-9H,1-6,11H2;1-2H2,(H,7,8)(H,9,10)(H,11,12)/q;-1. The molecule has 0 aromatic carbocycles. The Labute approximate surface area is 139 Å². The van der Waals surface area contributed by atoms with E-state index in [-0.39, 0.29) is 0 Å². The third-order valence-corrected chi connectivity index (χ3v) is 5.35. The second-order valence-electron chi connectivity index (χ2n) is 7.72. The molecule has 0 radical (unpaired) electrons. The molecular formula is C16H24NO7-. The minimum Gasteiger partial charge on any atom is -0.840 e. The number of hydrogen-bond acceptors (Lipinski definition) is 5. The molecule has 0 spiro atoms. The normalized spacial score (nSPS) is 33.5. The number of nitrogens with two attached hydrogens (primary N) is 1. The van der Waals surface area contributed by atoms with Crippen molar-refractivity contribution in [2.45, 2.75) is 62.5 Å². The molecule has 4 bridgehead atoms. The molecule has 8 nitrogen and oxygen atoms in total. The summed E-state index contributed by atoms with van der Waals surface area (Å²) in [7, 11) is 0. The Hall–Kier alpha value is -1.67. The smallest absolute Gasteiger partial charge is 0.303 e. The molecule has 24 heavy (non-hydrogen) atoms. The molecule has 0 aromatic rings. The van der Waals surface area contributed by atoms with E-state index in [1.165, 1.54) is 38.5 Å². The van der Waals surface area contributed by atoms with Crippen molar-refractivity contribution in [3.63, 3.8) is 0 Å². The molecule has 0 unspecified atom stereocenters. The molecule has 4 fully saturated rings. The minimum absolute atomic E-state index is 0.300. The molecule has 0 aliphatic heterocycles. The van der Waals surface area contributed by atoms with Gasteiger partial charge in [-0.3, -0.25) is 14.4 Å². The SMILES string of the molecule is NC12CC3CC(CC(C3)C1)C2.O=C(O)CC([O-])(CC(=O)O)C(=O)O. The molecule has 0 heterocycles. The summed E-state index contributed by atoms with van der Waals surface area (Å²) in [6.45, 7) is 0. The topological polar surface area (TPSA) is 161 Å². The Morgan fingerprint density at radius 3 is 1.46 bits per heavy atom. The van der Waals surface area contributed by atoms with Crippen LogP contribution in [-0.2, 0) is 14.4 Å². The molecule has 4 saturated carbocycles. The molecule has 4 aliphatic carbocycles. The summed E-state index contributed by atoms with van der Waals surface area (Å²) in [4.78, 5) is 30.3. The highest BCUT2D eigenvalue weighted by Gasteiger charge is 2.48. The number of carboxylic acid groups (broad SMARTS) is 3. The molecule has 4 rings (SSSR count). The van der Waals surface area contributed by atoms with E-state index >= 15 is 0 Å². The second-order valence-corrected chi connectivity index (χ2v) is 7.72. The van der Waals surface area contributed by atoms with Crippen LogP contribution in [0.5, 0.6) is 0 Å². The van der Waals surface area contributed by atoms with E-state index in [9.17, 15) is 19.5 Å². The largest absolute Gasteiger partial charge is 0.840 e. The maximum absolute atomic E-state index is 11.1. The van der Waals surface area contributed by atoms with Gasteiger partial charge in [0.1, 0.15) is 0 Å². The van der Waals surface area contributed by atoms with Crippen molar-refractivity contribution in [3.05, 3.63) is 0 Å². The fraction of sp³-hybridized carbons (Fsp3) is 0.812. The molecule has 8 heteroatoms. The quantitative estimate of drug-likeness (QED) is 0.544. The van der Waals surface area contributed by atoms with Gasteiger partial charge in [0.25, 0.3) is 5.97 Å². The molecule has 4 aliphatic rings. The first kappa shape index (κ1) is 18.7. The molecule has 0 amide bonds. The summed E-state index contributed by atoms with van der Waals surface area (Å²) < 4.78 is 0. The molecule has 0 aromatic heterocycles. The average molecular weight is 342 g/mol. The van der Waals surface area contributed by atoms with Crippen molar-refractivity contribution in [2.24, 2.45) is 23.5 Å². The monoisotopic (exact) mass is 342 g/mol. The van der Waals surface area contributed by atoms with Crippen molar-refractivity contribution in [1.29, 1.82) is 0 Å². The third-order valence-electron chi connectivity index (χ3n) is 5.35. The van der Waals surface area contributed by atoms with E-state index in [2.05, 4.69) is 0 Å². The predicted molar refractivity (Wildman–Crippen MR) is 80.0 cm³/mol. The zero-order valence-electron chi connectivity index (χ0n) is 13.4. The summed E-state index contributed by atoms with van der Waals surface area (Å²) in [6.07, 6.45) is 6.06. The van der Waals surface area contributed by atoms with Gasteiger partial charge in [0.15, 0.2) is 0 Å². The number of carbonyl (C=O) groups is 3. The van der Waals surface area contributed by atoms with E-state index in [1.807, 2.05) is 0 Å². The first-order valence-corrected chi connectivity index (χ1v) is 8.18. The minimum atomic E-state index is -2.99. The highest BCUT2D eigenvalue weighted by Crippen LogP contribution is 2.54. The van der Waals surface area contributed by atoms with Gasteiger partial charge in [-0.15, -0.1) is 0 Å². The number of carboxylic acids is 3. The Balaban J connectivity index is 0.000000174. The Morgan fingerprint density at radius 1 is 0.917 bits per heavy atom. The van der Waals surface area contributed by atoms with Crippen LogP contribution in [-0.4, -0.2) is 44.4 Å². The van der Waals surface area contributed by atoms with Gasteiger partial charge >= 0.3 is 11.9 Å². The first-order chi connectivity index (χ1) is 11.0. The first-order valence-electron chi connectivity index (χ1n) is 8.18. The lowest BCUT2D eigenvalue weighted by Crippen LogP contribution is -2.55. The Kier molecular flexibility index (Phi) is 5.19. The predicted octanol–water partition coefficient (Wildman–Crippen LogP) is 0.0334. The Morgan fingerprint density at radius 2 is 1.25 bits per heavy atom.